The van der Waals surface area contributed by atoms with E-state index in [-0.39, 0.29) is 17.8 Å². The maximum atomic E-state index is 12.3. The Bertz CT molecular complexity index is 1000. The van der Waals surface area contributed by atoms with E-state index in [9.17, 15) is 9.59 Å². The highest BCUT2D eigenvalue weighted by Gasteiger charge is 2.30. The van der Waals surface area contributed by atoms with Crippen molar-refractivity contribution >= 4 is 17.7 Å². The van der Waals surface area contributed by atoms with Gasteiger partial charge in [0.1, 0.15) is 5.82 Å². The largest absolute Gasteiger partial charge is 0.465 e. The standard InChI is InChI=1S/C21H19N3O3/c1-13-3-9-16(10-4-13)24-20-18(12-22-24)17(11-19(25)23-20)14-5-7-15(8-6-14)21(26)27-2/h3-10,12,17H,11H2,1-2H3,(H,23,25)/t17-/m0/s1. The van der Waals surface area contributed by atoms with Gasteiger partial charge in [-0.25, -0.2) is 9.48 Å². The van der Waals surface area contributed by atoms with Crippen molar-refractivity contribution in [1.29, 1.82) is 0 Å². The van der Waals surface area contributed by atoms with Crippen LogP contribution < -0.4 is 5.32 Å². The minimum absolute atomic E-state index is 0.0570. The summed E-state index contributed by atoms with van der Waals surface area (Å²) in [6.45, 7) is 2.03. The fraction of sp³-hybridized carbons (Fsp3) is 0.190. The Morgan fingerprint density at radius 2 is 1.85 bits per heavy atom. The predicted octanol–water partition coefficient (Wildman–Crippen LogP) is 3.44. The van der Waals surface area contributed by atoms with E-state index < -0.39 is 0 Å². The summed E-state index contributed by atoms with van der Waals surface area (Å²) in [5.74, 6) is 0.144. The molecular weight excluding hydrogens is 342 g/mol. The van der Waals surface area contributed by atoms with E-state index in [2.05, 4.69) is 10.4 Å². The summed E-state index contributed by atoms with van der Waals surface area (Å²) in [5, 5.41) is 7.44. The minimum Gasteiger partial charge on any atom is -0.465 e. The van der Waals surface area contributed by atoms with E-state index in [0.29, 0.717) is 17.8 Å². The average Bonchev–Trinajstić information content (AvgIpc) is 3.11. The maximum absolute atomic E-state index is 12.3. The zero-order valence-corrected chi connectivity index (χ0v) is 15.1. The van der Waals surface area contributed by atoms with Crippen molar-refractivity contribution in [2.45, 2.75) is 19.3 Å². The van der Waals surface area contributed by atoms with Gasteiger partial charge in [-0.05, 0) is 36.8 Å². The Labute approximate surface area is 156 Å². The van der Waals surface area contributed by atoms with Gasteiger partial charge in [0.15, 0.2) is 0 Å². The number of hydrogen-bond donors (Lipinski definition) is 1. The van der Waals surface area contributed by atoms with E-state index in [0.717, 1.165) is 22.4 Å². The van der Waals surface area contributed by atoms with Gasteiger partial charge in [-0.1, -0.05) is 29.8 Å². The number of rotatable bonds is 3. The van der Waals surface area contributed by atoms with Crippen molar-refractivity contribution in [3.8, 4) is 5.69 Å². The molecule has 1 aliphatic rings. The number of nitrogens with one attached hydrogen (secondary N) is 1. The third-order valence-electron chi connectivity index (χ3n) is 4.83. The van der Waals surface area contributed by atoms with Crippen LogP contribution in [-0.4, -0.2) is 28.8 Å². The first-order chi connectivity index (χ1) is 13.1. The van der Waals surface area contributed by atoms with Crippen molar-refractivity contribution in [3.63, 3.8) is 0 Å². The number of carbonyl (C=O) groups excluding carboxylic acids is 2. The van der Waals surface area contributed by atoms with Crippen LogP contribution in [-0.2, 0) is 9.53 Å². The van der Waals surface area contributed by atoms with Crippen LogP contribution >= 0.6 is 0 Å². The smallest absolute Gasteiger partial charge is 0.337 e. The molecule has 4 rings (SSSR count). The molecule has 0 fully saturated rings. The molecule has 136 valence electrons. The molecule has 0 unspecified atom stereocenters. The van der Waals surface area contributed by atoms with E-state index in [4.69, 9.17) is 4.74 Å². The predicted molar refractivity (Wildman–Crippen MR) is 101 cm³/mol. The second kappa shape index (κ2) is 6.72. The normalized spacial score (nSPS) is 15.8. The van der Waals surface area contributed by atoms with Gasteiger partial charge in [-0.3, -0.25) is 4.79 Å². The molecule has 3 aromatic rings. The lowest BCUT2D eigenvalue weighted by atomic mass is 9.87. The lowest BCUT2D eigenvalue weighted by Gasteiger charge is -2.24. The fourth-order valence-electron chi connectivity index (χ4n) is 3.37. The highest BCUT2D eigenvalue weighted by Crippen LogP contribution is 2.38. The average molecular weight is 361 g/mol. The van der Waals surface area contributed by atoms with Gasteiger partial charge in [0.25, 0.3) is 0 Å². The number of carbonyl (C=O) groups is 2. The summed E-state index contributed by atoms with van der Waals surface area (Å²) in [5.41, 5.74) is 4.46. The van der Waals surface area contributed by atoms with Crippen LogP contribution in [0.3, 0.4) is 0 Å². The first-order valence-electron chi connectivity index (χ1n) is 8.70. The minimum atomic E-state index is -0.379. The van der Waals surface area contributed by atoms with E-state index in [1.807, 2.05) is 43.3 Å². The van der Waals surface area contributed by atoms with E-state index in [1.54, 1.807) is 23.0 Å². The number of nitrogens with zero attached hydrogens (tertiary/aromatic N) is 2. The quantitative estimate of drug-likeness (QED) is 0.725. The van der Waals surface area contributed by atoms with Crippen LogP contribution in [0.15, 0.2) is 54.7 Å². The van der Waals surface area contributed by atoms with Crippen LogP contribution in [0.4, 0.5) is 5.82 Å². The topological polar surface area (TPSA) is 73.2 Å². The SMILES string of the molecule is COC(=O)c1ccc([C@@H]2CC(=O)Nc3c2cnn3-c2ccc(C)cc2)cc1. The van der Waals surface area contributed by atoms with Crippen molar-refractivity contribution in [3.05, 3.63) is 77.0 Å². The number of methoxy groups -OCH3 is 1. The molecule has 1 atom stereocenters. The summed E-state index contributed by atoms with van der Waals surface area (Å²) in [4.78, 5) is 24.0. The molecule has 0 bridgehead atoms. The second-order valence-electron chi connectivity index (χ2n) is 6.61. The third kappa shape index (κ3) is 3.10. The van der Waals surface area contributed by atoms with Gasteiger partial charge < -0.3 is 10.1 Å². The molecule has 6 nitrogen and oxygen atoms in total. The van der Waals surface area contributed by atoms with Crippen LogP contribution in [0.5, 0.6) is 0 Å². The number of hydrogen-bond acceptors (Lipinski definition) is 4. The zero-order chi connectivity index (χ0) is 19.0. The molecule has 6 heteroatoms. The molecule has 1 amide bonds. The zero-order valence-electron chi connectivity index (χ0n) is 15.1. The van der Waals surface area contributed by atoms with Crippen molar-refractivity contribution in [2.24, 2.45) is 0 Å². The molecule has 2 heterocycles. The summed E-state index contributed by atoms with van der Waals surface area (Å²) in [6.07, 6.45) is 2.14. The van der Waals surface area contributed by atoms with Gasteiger partial charge in [0, 0.05) is 17.9 Å². The monoisotopic (exact) mass is 361 g/mol. The maximum Gasteiger partial charge on any atom is 0.337 e. The Balaban J connectivity index is 1.72. The second-order valence-corrected chi connectivity index (χ2v) is 6.61. The summed E-state index contributed by atoms with van der Waals surface area (Å²) >= 11 is 0. The van der Waals surface area contributed by atoms with Crippen molar-refractivity contribution < 1.29 is 14.3 Å². The molecule has 0 spiro atoms. The molecule has 27 heavy (non-hydrogen) atoms. The van der Waals surface area contributed by atoms with Crippen molar-refractivity contribution in [2.75, 3.05) is 12.4 Å². The Morgan fingerprint density at radius 3 is 2.52 bits per heavy atom. The van der Waals surface area contributed by atoms with Crippen LogP contribution in [0.1, 0.15) is 39.4 Å². The summed E-state index contributed by atoms with van der Waals surface area (Å²) in [6, 6.07) is 15.1. The van der Waals surface area contributed by atoms with Gasteiger partial charge >= 0.3 is 5.97 Å². The fourth-order valence-corrected chi connectivity index (χ4v) is 3.37. The van der Waals surface area contributed by atoms with Gasteiger partial charge in [-0.2, -0.15) is 5.10 Å². The highest BCUT2D eigenvalue weighted by atomic mass is 16.5. The first-order valence-corrected chi connectivity index (χ1v) is 8.70. The van der Waals surface area contributed by atoms with Crippen LogP contribution in [0, 0.1) is 6.92 Å². The summed E-state index contributed by atoms with van der Waals surface area (Å²) in [7, 11) is 1.35. The number of esters is 1. The number of aryl methyl sites for hydroxylation is 1. The molecule has 1 N–H and O–H groups in total. The highest BCUT2D eigenvalue weighted by molar-refractivity contribution is 5.95. The first kappa shape index (κ1) is 17.0. The third-order valence-corrected chi connectivity index (χ3v) is 4.83. The van der Waals surface area contributed by atoms with Crippen LogP contribution in [0.2, 0.25) is 0 Å². The van der Waals surface area contributed by atoms with Gasteiger partial charge in [-0.15, -0.1) is 0 Å². The molecule has 0 radical (unpaired) electrons. The lowest BCUT2D eigenvalue weighted by Crippen LogP contribution is -2.24. The lowest BCUT2D eigenvalue weighted by molar-refractivity contribution is -0.116. The molecule has 2 aromatic carbocycles. The Hall–Kier alpha value is -3.41. The van der Waals surface area contributed by atoms with Gasteiger partial charge in [0.05, 0.1) is 24.6 Å². The molecule has 0 saturated heterocycles. The van der Waals surface area contributed by atoms with Gasteiger partial charge in [0.2, 0.25) is 5.91 Å². The number of aromatic nitrogens is 2. The molecule has 1 aliphatic heterocycles. The summed E-state index contributed by atoms with van der Waals surface area (Å²) < 4.78 is 6.49. The van der Waals surface area contributed by atoms with Crippen molar-refractivity contribution in [1.82, 2.24) is 9.78 Å². The van der Waals surface area contributed by atoms with E-state index in [1.165, 1.54) is 7.11 Å². The Morgan fingerprint density at radius 1 is 1.15 bits per heavy atom. The number of ether oxygens (including phenoxy) is 1. The molecular formula is C21H19N3O3. The number of fused-ring (bicyclic) bond motifs is 1. The molecule has 0 saturated carbocycles. The number of benzene rings is 2. The number of amides is 1. The molecule has 0 aliphatic carbocycles. The Kier molecular flexibility index (Phi) is 4.24. The molecule has 1 aromatic heterocycles. The van der Waals surface area contributed by atoms with Crippen LogP contribution in [0.25, 0.3) is 5.69 Å². The van der Waals surface area contributed by atoms with E-state index >= 15 is 0 Å². The number of anilines is 1.